The lowest BCUT2D eigenvalue weighted by Gasteiger charge is -2.15. The Morgan fingerprint density at radius 2 is 2.22 bits per heavy atom. The predicted molar refractivity (Wildman–Crippen MR) is 44.0 cm³/mol. The summed E-state index contributed by atoms with van der Waals surface area (Å²) in [6.45, 7) is 5.78. The molecule has 0 aromatic carbocycles. The molecule has 0 aliphatic carbocycles. The summed E-state index contributed by atoms with van der Waals surface area (Å²) < 4.78 is 0. The van der Waals surface area contributed by atoms with Crippen LogP contribution in [0, 0.1) is 5.92 Å². The van der Waals surface area contributed by atoms with Crippen LogP contribution in [0.5, 0.6) is 0 Å². The molecule has 0 aromatic rings. The van der Waals surface area contributed by atoms with Crippen molar-refractivity contribution < 1.29 is 0 Å². The van der Waals surface area contributed by atoms with Crippen molar-refractivity contribution in [1.82, 2.24) is 5.32 Å². The van der Waals surface area contributed by atoms with Crippen molar-refractivity contribution in [3.05, 3.63) is 0 Å². The van der Waals surface area contributed by atoms with Crippen molar-refractivity contribution in [3.63, 3.8) is 0 Å². The van der Waals surface area contributed by atoms with E-state index in [1.165, 1.54) is 18.1 Å². The molecular formula is C7H15NS. The molecule has 1 heterocycles. The number of thioether (sulfide) groups is 1. The molecule has 2 heteroatoms. The second-order valence-corrected chi connectivity index (χ2v) is 3.94. The summed E-state index contributed by atoms with van der Waals surface area (Å²) in [6, 6.07) is 0.722. The van der Waals surface area contributed by atoms with E-state index >= 15 is 0 Å². The Morgan fingerprint density at radius 3 is 3.00 bits per heavy atom. The predicted octanol–water partition coefficient (Wildman–Crippen LogP) is 1.35. The average molecular weight is 145 g/mol. The quantitative estimate of drug-likeness (QED) is 0.552. The van der Waals surface area contributed by atoms with Gasteiger partial charge in [-0.15, -0.1) is 0 Å². The van der Waals surface area contributed by atoms with Crippen molar-refractivity contribution in [2.45, 2.75) is 19.9 Å². The van der Waals surface area contributed by atoms with E-state index in [2.05, 4.69) is 30.9 Å². The number of hydrogen-bond acceptors (Lipinski definition) is 2. The van der Waals surface area contributed by atoms with Gasteiger partial charge >= 0.3 is 0 Å². The lowest BCUT2D eigenvalue weighted by molar-refractivity contribution is 0.452. The van der Waals surface area contributed by atoms with Crippen LogP contribution >= 0.6 is 11.8 Å². The van der Waals surface area contributed by atoms with Crippen molar-refractivity contribution >= 4 is 11.8 Å². The monoisotopic (exact) mass is 145 g/mol. The molecule has 1 aliphatic rings. The molecule has 2 atom stereocenters. The minimum atomic E-state index is 0.722. The summed E-state index contributed by atoms with van der Waals surface area (Å²) in [4.78, 5) is 0. The van der Waals surface area contributed by atoms with Gasteiger partial charge in [-0.1, -0.05) is 6.92 Å². The lowest BCUT2D eigenvalue weighted by atomic mass is 10.1. The fourth-order valence-electron chi connectivity index (χ4n) is 0.974. The van der Waals surface area contributed by atoms with Gasteiger partial charge < -0.3 is 5.32 Å². The first-order chi connectivity index (χ1) is 4.30. The highest BCUT2D eigenvalue weighted by Gasteiger charge is 2.13. The maximum atomic E-state index is 3.47. The molecule has 0 aromatic heterocycles. The Bertz CT molecular complexity index is 75.0. The van der Waals surface area contributed by atoms with Gasteiger partial charge in [-0.2, -0.15) is 11.8 Å². The van der Waals surface area contributed by atoms with Crippen LogP contribution in [0.4, 0.5) is 0 Å². The van der Waals surface area contributed by atoms with Crippen LogP contribution in [-0.2, 0) is 0 Å². The number of hydrogen-bond donors (Lipinski definition) is 1. The Labute approximate surface area is 61.6 Å². The Balaban J connectivity index is 2.32. The number of rotatable bonds is 0. The standard InChI is InChI=1S/C7H15NS/c1-6-5-9-4-3-8-7(6)2/h6-8H,3-5H2,1-2H3. The molecule has 54 valence electrons. The molecule has 0 amide bonds. The molecule has 2 unspecified atom stereocenters. The minimum absolute atomic E-state index is 0.722. The van der Waals surface area contributed by atoms with Crippen LogP contribution in [0.2, 0.25) is 0 Å². The molecular weight excluding hydrogens is 130 g/mol. The Morgan fingerprint density at radius 1 is 1.44 bits per heavy atom. The second kappa shape index (κ2) is 3.47. The highest BCUT2D eigenvalue weighted by atomic mass is 32.2. The van der Waals surface area contributed by atoms with Gasteiger partial charge in [-0.25, -0.2) is 0 Å². The third-order valence-electron chi connectivity index (χ3n) is 1.95. The Hall–Kier alpha value is 0.310. The lowest BCUT2D eigenvalue weighted by Crippen LogP contribution is -2.31. The van der Waals surface area contributed by atoms with Gasteiger partial charge in [0.2, 0.25) is 0 Å². The van der Waals surface area contributed by atoms with Gasteiger partial charge in [0.15, 0.2) is 0 Å². The molecule has 1 fully saturated rings. The summed E-state index contributed by atoms with van der Waals surface area (Å²) >= 11 is 2.07. The van der Waals surface area contributed by atoms with E-state index in [9.17, 15) is 0 Å². The topological polar surface area (TPSA) is 12.0 Å². The third kappa shape index (κ3) is 2.18. The normalized spacial score (nSPS) is 38.0. The zero-order valence-corrected chi connectivity index (χ0v) is 7.00. The zero-order valence-electron chi connectivity index (χ0n) is 6.18. The Kier molecular flexibility index (Phi) is 2.86. The average Bonchev–Trinajstić information content (AvgIpc) is 1.99. The van der Waals surface area contributed by atoms with Gasteiger partial charge in [0.05, 0.1) is 0 Å². The SMILES string of the molecule is CC1CSCCNC1C. The summed E-state index contributed by atoms with van der Waals surface area (Å²) in [5.41, 5.74) is 0. The van der Waals surface area contributed by atoms with Crippen LogP contribution < -0.4 is 5.32 Å². The molecule has 1 saturated heterocycles. The van der Waals surface area contributed by atoms with Gasteiger partial charge in [0, 0.05) is 18.3 Å². The van der Waals surface area contributed by atoms with Crippen molar-refractivity contribution in [3.8, 4) is 0 Å². The molecule has 1 N–H and O–H groups in total. The largest absolute Gasteiger partial charge is 0.313 e. The van der Waals surface area contributed by atoms with Crippen LogP contribution in [0.3, 0.4) is 0 Å². The molecule has 1 nitrogen and oxygen atoms in total. The van der Waals surface area contributed by atoms with E-state index in [0.29, 0.717) is 0 Å². The van der Waals surface area contributed by atoms with Gasteiger partial charge in [0.1, 0.15) is 0 Å². The molecule has 0 radical (unpaired) electrons. The summed E-state index contributed by atoms with van der Waals surface area (Å²) in [6.07, 6.45) is 0. The summed E-state index contributed by atoms with van der Waals surface area (Å²) in [5, 5.41) is 3.47. The molecule has 9 heavy (non-hydrogen) atoms. The molecule has 0 spiro atoms. The summed E-state index contributed by atoms with van der Waals surface area (Å²) in [7, 11) is 0. The smallest absolute Gasteiger partial charge is 0.00725 e. The third-order valence-corrected chi connectivity index (χ3v) is 3.20. The summed E-state index contributed by atoms with van der Waals surface area (Å²) in [5.74, 6) is 3.46. The highest BCUT2D eigenvalue weighted by molar-refractivity contribution is 7.99. The highest BCUT2D eigenvalue weighted by Crippen LogP contribution is 2.14. The van der Waals surface area contributed by atoms with Crippen molar-refractivity contribution in [2.75, 3.05) is 18.1 Å². The van der Waals surface area contributed by atoms with Crippen LogP contribution in [0.25, 0.3) is 0 Å². The van der Waals surface area contributed by atoms with Crippen LogP contribution in [-0.4, -0.2) is 24.1 Å². The van der Waals surface area contributed by atoms with E-state index in [1.807, 2.05) is 0 Å². The second-order valence-electron chi connectivity index (χ2n) is 2.79. The van der Waals surface area contributed by atoms with Crippen LogP contribution in [0.1, 0.15) is 13.8 Å². The minimum Gasteiger partial charge on any atom is -0.313 e. The maximum Gasteiger partial charge on any atom is 0.00725 e. The number of nitrogens with one attached hydrogen (secondary N) is 1. The van der Waals surface area contributed by atoms with Gasteiger partial charge in [0.25, 0.3) is 0 Å². The van der Waals surface area contributed by atoms with Crippen molar-refractivity contribution in [2.24, 2.45) is 5.92 Å². The zero-order chi connectivity index (χ0) is 6.69. The van der Waals surface area contributed by atoms with Crippen LogP contribution in [0.15, 0.2) is 0 Å². The molecule has 1 rings (SSSR count). The first kappa shape index (κ1) is 7.42. The van der Waals surface area contributed by atoms with E-state index in [1.54, 1.807) is 0 Å². The first-order valence-electron chi connectivity index (χ1n) is 3.62. The fourth-order valence-corrected chi connectivity index (χ4v) is 2.06. The maximum absolute atomic E-state index is 3.47. The van der Waals surface area contributed by atoms with E-state index in [0.717, 1.165) is 12.0 Å². The van der Waals surface area contributed by atoms with E-state index in [-0.39, 0.29) is 0 Å². The van der Waals surface area contributed by atoms with Gasteiger partial charge in [-0.05, 0) is 18.6 Å². The first-order valence-corrected chi connectivity index (χ1v) is 4.77. The van der Waals surface area contributed by atoms with Gasteiger partial charge in [-0.3, -0.25) is 0 Å². The molecule has 1 aliphatic heterocycles. The molecule has 0 saturated carbocycles. The van der Waals surface area contributed by atoms with Crippen molar-refractivity contribution in [1.29, 1.82) is 0 Å². The fraction of sp³-hybridized carbons (Fsp3) is 1.00. The van der Waals surface area contributed by atoms with E-state index < -0.39 is 0 Å². The molecule has 0 bridgehead atoms. The van der Waals surface area contributed by atoms with E-state index in [4.69, 9.17) is 0 Å².